The van der Waals surface area contributed by atoms with Crippen molar-refractivity contribution in [3.8, 4) is 6.07 Å². The summed E-state index contributed by atoms with van der Waals surface area (Å²) in [5.41, 5.74) is 2.26. The lowest BCUT2D eigenvalue weighted by atomic mass is 10.1. The Morgan fingerprint density at radius 2 is 2.09 bits per heavy atom. The Bertz CT molecular complexity index is 855. The summed E-state index contributed by atoms with van der Waals surface area (Å²) < 4.78 is 1.77. The van der Waals surface area contributed by atoms with Gasteiger partial charge in [0.15, 0.2) is 0 Å². The van der Waals surface area contributed by atoms with E-state index in [-0.39, 0.29) is 5.56 Å². The van der Waals surface area contributed by atoms with Gasteiger partial charge < -0.3 is 0 Å². The average Bonchev–Trinajstić information content (AvgIpc) is 2.73. The molecule has 0 fully saturated rings. The molecule has 1 N–H and O–H groups in total. The van der Waals surface area contributed by atoms with Crippen molar-refractivity contribution in [3.63, 3.8) is 0 Å². The third-order valence-electron chi connectivity index (χ3n) is 3.43. The fourth-order valence-corrected chi connectivity index (χ4v) is 2.54. The van der Waals surface area contributed by atoms with E-state index >= 15 is 0 Å². The Morgan fingerprint density at radius 1 is 1.39 bits per heavy atom. The molecule has 0 aliphatic carbocycles. The zero-order valence-corrected chi connectivity index (χ0v) is 14.3. The second-order valence-electron chi connectivity index (χ2n) is 5.75. The molecule has 7 heteroatoms. The van der Waals surface area contributed by atoms with Gasteiger partial charge in [-0.3, -0.25) is 9.48 Å². The maximum Gasteiger partial charge on any atom is 0.282 e. The van der Waals surface area contributed by atoms with Crippen molar-refractivity contribution in [1.82, 2.24) is 20.0 Å². The van der Waals surface area contributed by atoms with Crippen LogP contribution in [0.4, 0.5) is 0 Å². The number of aromatic nitrogens is 4. The molecule has 0 saturated carbocycles. The summed E-state index contributed by atoms with van der Waals surface area (Å²) in [7, 11) is 0. The second kappa shape index (κ2) is 6.80. The van der Waals surface area contributed by atoms with E-state index in [0.29, 0.717) is 22.3 Å². The maximum absolute atomic E-state index is 11.5. The number of nitrogens with one attached hydrogen (secondary N) is 1. The summed E-state index contributed by atoms with van der Waals surface area (Å²) in [6.07, 6.45) is 3.53. The van der Waals surface area contributed by atoms with Gasteiger partial charge in [0.1, 0.15) is 16.8 Å². The molecule has 0 aliphatic rings. The SMILES string of the molecule is Cc1nn(CC(C)C)c(Cl)c1/C=C/c1n[nH]c(=O)c(C#N)c1C. The van der Waals surface area contributed by atoms with Crippen molar-refractivity contribution in [1.29, 1.82) is 5.26 Å². The number of aromatic amines is 1. The lowest BCUT2D eigenvalue weighted by Crippen LogP contribution is -2.15. The maximum atomic E-state index is 11.5. The molecular formula is C16H18ClN5O. The third-order valence-corrected chi connectivity index (χ3v) is 3.83. The first-order chi connectivity index (χ1) is 10.8. The summed E-state index contributed by atoms with van der Waals surface area (Å²) in [6.45, 7) is 8.51. The standard InChI is InChI=1S/C16H18ClN5O/c1-9(2)8-22-15(17)12(11(4)21-22)5-6-14-10(3)13(7-18)16(23)20-19-14/h5-6,9H,8H2,1-4H3,(H,20,23)/b6-5+. The fourth-order valence-electron chi connectivity index (χ4n) is 2.23. The number of H-pyrrole nitrogens is 1. The summed E-state index contributed by atoms with van der Waals surface area (Å²) in [4.78, 5) is 11.5. The van der Waals surface area contributed by atoms with Gasteiger partial charge >= 0.3 is 0 Å². The number of aryl methyl sites for hydroxylation is 1. The average molecular weight is 332 g/mol. The van der Waals surface area contributed by atoms with Gasteiger partial charge in [-0.1, -0.05) is 25.4 Å². The highest BCUT2D eigenvalue weighted by atomic mass is 35.5. The third kappa shape index (κ3) is 3.51. The highest BCUT2D eigenvalue weighted by Gasteiger charge is 2.13. The summed E-state index contributed by atoms with van der Waals surface area (Å²) >= 11 is 6.38. The van der Waals surface area contributed by atoms with E-state index in [1.54, 1.807) is 23.8 Å². The molecule has 120 valence electrons. The van der Waals surface area contributed by atoms with E-state index in [1.165, 1.54) is 0 Å². The number of hydrogen-bond donors (Lipinski definition) is 1. The largest absolute Gasteiger partial charge is 0.282 e. The van der Waals surface area contributed by atoms with Crippen molar-refractivity contribution in [2.45, 2.75) is 34.2 Å². The van der Waals surface area contributed by atoms with E-state index < -0.39 is 5.56 Å². The zero-order chi connectivity index (χ0) is 17.1. The Morgan fingerprint density at radius 3 is 2.70 bits per heavy atom. The van der Waals surface area contributed by atoms with E-state index in [2.05, 4.69) is 29.1 Å². The fraction of sp³-hybridized carbons (Fsp3) is 0.375. The highest BCUT2D eigenvalue weighted by Crippen LogP contribution is 2.23. The molecule has 0 bridgehead atoms. The van der Waals surface area contributed by atoms with Gasteiger partial charge in [0.05, 0.1) is 11.4 Å². The molecule has 0 saturated heterocycles. The second-order valence-corrected chi connectivity index (χ2v) is 6.11. The van der Waals surface area contributed by atoms with Crippen LogP contribution in [0.25, 0.3) is 12.2 Å². The van der Waals surface area contributed by atoms with E-state index in [0.717, 1.165) is 17.8 Å². The van der Waals surface area contributed by atoms with Gasteiger partial charge in [-0.15, -0.1) is 0 Å². The molecule has 0 aliphatic heterocycles. The Kier molecular flexibility index (Phi) is 5.02. The van der Waals surface area contributed by atoms with Crippen LogP contribution in [0.5, 0.6) is 0 Å². The van der Waals surface area contributed by atoms with Crippen LogP contribution in [0.1, 0.15) is 41.9 Å². The molecule has 0 radical (unpaired) electrons. The summed E-state index contributed by atoms with van der Waals surface area (Å²) in [5, 5.41) is 20.3. The minimum atomic E-state index is -0.485. The first kappa shape index (κ1) is 17.0. The van der Waals surface area contributed by atoms with Crippen molar-refractivity contribution in [3.05, 3.63) is 43.6 Å². The predicted octanol–water partition coefficient (Wildman–Crippen LogP) is 2.93. The van der Waals surface area contributed by atoms with Gasteiger partial charge in [0, 0.05) is 12.1 Å². The Labute approximate surface area is 139 Å². The monoisotopic (exact) mass is 331 g/mol. The van der Waals surface area contributed by atoms with Crippen LogP contribution in [0.2, 0.25) is 5.15 Å². The molecule has 0 amide bonds. The molecule has 2 aromatic rings. The quantitative estimate of drug-likeness (QED) is 0.933. The van der Waals surface area contributed by atoms with Gasteiger partial charge in [0.25, 0.3) is 5.56 Å². The van der Waals surface area contributed by atoms with Crippen LogP contribution in [-0.2, 0) is 6.54 Å². The lowest BCUT2D eigenvalue weighted by molar-refractivity contribution is 0.482. The highest BCUT2D eigenvalue weighted by molar-refractivity contribution is 6.31. The van der Waals surface area contributed by atoms with Crippen molar-refractivity contribution in [2.24, 2.45) is 5.92 Å². The van der Waals surface area contributed by atoms with Crippen molar-refractivity contribution < 1.29 is 0 Å². The molecule has 6 nitrogen and oxygen atoms in total. The van der Waals surface area contributed by atoms with Crippen molar-refractivity contribution >= 4 is 23.8 Å². The number of hydrogen-bond acceptors (Lipinski definition) is 4. The van der Waals surface area contributed by atoms with Crippen LogP contribution >= 0.6 is 11.6 Å². The van der Waals surface area contributed by atoms with Crippen LogP contribution in [0.3, 0.4) is 0 Å². The molecular weight excluding hydrogens is 314 g/mol. The number of nitriles is 1. The van der Waals surface area contributed by atoms with Gasteiger partial charge in [-0.2, -0.15) is 15.5 Å². The van der Waals surface area contributed by atoms with Crippen molar-refractivity contribution in [2.75, 3.05) is 0 Å². The topological polar surface area (TPSA) is 87.4 Å². The molecule has 0 atom stereocenters. The van der Waals surface area contributed by atoms with E-state index in [9.17, 15) is 4.79 Å². The van der Waals surface area contributed by atoms with Crippen LogP contribution in [0.15, 0.2) is 4.79 Å². The number of nitrogens with zero attached hydrogens (tertiary/aromatic N) is 4. The zero-order valence-electron chi connectivity index (χ0n) is 13.5. The first-order valence-corrected chi connectivity index (χ1v) is 7.63. The smallest absolute Gasteiger partial charge is 0.267 e. The van der Waals surface area contributed by atoms with Crippen LogP contribution in [0, 0.1) is 31.1 Å². The van der Waals surface area contributed by atoms with E-state index in [4.69, 9.17) is 16.9 Å². The minimum Gasteiger partial charge on any atom is -0.267 e. The van der Waals surface area contributed by atoms with E-state index in [1.807, 2.05) is 13.0 Å². The molecule has 2 aromatic heterocycles. The van der Waals surface area contributed by atoms with Gasteiger partial charge in [-0.25, -0.2) is 5.10 Å². The Hall–Kier alpha value is -2.39. The summed E-state index contributed by atoms with van der Waals surface area (Å²) in [6, 6.07) is 1.89. The lowest BCUT2D eigenvalue weighted by Gasteiger charge is -2.05. The molecule has 0 spiro atoms. The van der Waals surface area contributed by atoms with Gasteiger partial charge in [-0.05, 0) is 37.5 Å². The summed E-state index contributed by atoms with van der Waals surface area (Å²) in [5.74, 6) is 0.435. The number of halogens is 1. The molecule has 0 unspecified atom stereocenters. The van der Waals surface area contributed by atoms with Crippen LogP contribution in [-0.4, -0.2) is 20.0 Å². The first-order valence-electron chi connectivity index (χ1n) is 7.25. The molecule has 23 heavy (non-hydrogen) atoms. The molecule has 0 aromatic carbocycles. The van der Waals surface area contributed by atoms with Gasteiger partial charge in [0.2, 0.25) is 0 Å². The predicted molar refractivity (Wildman–Crippen MR) is 90.0 cm³/mol. The molecule has 2 rings (SSSR count). The Balaban J connectivity index is 2.41. The molecule has 2 heterocycles. The number of rotatable bonds is 4. The van der Waals surface area contributed by atoms with Crippen LogP contribution < -0.4 is 5.56 Å². The minimum absolute atomic E-state index is 0.0676. The normalized spacial score (nSPS) is 11.3.